The summed E-state index contributed by atoms with van der Waals surface area (Å²) in [5.74, 6) is -0.0761. The van der Waals surface area contributed by atoms with Gasteiger partial charge in [0.25, 0.3) is 0 Å². The number of nitrogens with two attached hydrogens (primary N) is 1. The second-order valence-electron chi connectivity index (χ2n) is 5.73. The van der Waals surface area contributed by atoms with E-state index < -0.39 is 11.5 Å². The lowest BCUT2D eigenvalue weighted by molar-refractivity contribution is -0.143. The molecule has 19 heavy (non-hydrogen) atoms. The lowest BCUT2D eigenvalue weighted by Gasteiger charge is -2.19. The van der Waals surface area contributed by atoms with Gasteiger partial charge in [0.1, 0.15) is 17.4 Å². The van der Waals surface area contributed by atoms with Crippen molar-refractivity contribution >= 4 is 5.97 Å². The van der Waals surface area contributed by atoms with Gasteiger partial charge in [-0.25, -0.2) is 0 Å². The van der Waals surface area contributed by atoms with Crippen molar-refractivity contribution in [2.75, 3.05) is 0 Å². The first-order valence-corrected chi connectivity index (χ1v) is 6.87. The van der Waals surface area contributed by atoms with Crippen molar-refractivity contribution in [2.24, 2.45) is 5.73 Å². The Labute approximate surface area is 112 Å². The third-order valence-corrected chi connectivity index (χ3v) is 4.30. The Bertz CT molecular complexity index is 514. The molecule has 2 unspecified atom stereocenters. The van der Waals surface area contributed by atoms with Gasteiger partial charge in [-0.2, -0.15) is 0 Å². The molecule has 3 N–H and O–H groups in total. The van der Waals surface area contributed by atoms with Crippen LogP contribution in [0.3, 0.4) is 0 Å². The van der Waals surface area contributed by atoms with E-state index in [-0.39, 0.29) is 6.10 Å². The number of ether oxygens (including phenoxy) is 1. The Kier molecular flexibility index (Phi) is 2.97. The molecule has 0 spiro atoms. The minimum absolute atomic E-state index is 0.0828. The van der Waals surface area contributed by atoms with Crippen LogP contribution in [0.25, 0.3) is 0 Å². The Hall–Kier alpha value is -1.55. The highest BCUT2D eigenvalue weighted by Gasteiger charge is 2.43. The van der Waals surface area contributed by atoms with Gasteiger partial charge in [0.05, 0.1) is 0 Å². The van der Waals surface area contributed by atoms with E-state index in [1.165, 1.54) is 17.5 Å². The number of hydrogen-bond acceptors (Lipinski definition) is 3. The van der Waals surface area contributed by atoms with Crippen LogP contribution in [0.1, 0.15) is 36.8 Å². The summed E-state index contributed by atoms with van der Waals surface area (Å²) < 4.78 is 5.90. The second-order valence-corrected chi connectivity index (χ2v) is 5.73. The van der Waals surface area contributed by atoms with Crippen LogP contribution in [0.4, 0.5) is 0 Å². The van der Waals surface area contributed by atoms with Crippen molar-refractivity contribution in [3.8, 4) is 5.75 Å². The highest BCUT2D eigenvalue weighted by molar-refractivity contribution is 5.79. The average molecular weight is 261 g/mol. The van der Waals surface area contributed by atoms with Crippen LogP contribution < -0.4 is 10.5 Å². The standard InChI is InChI=1S/C15H19NO3/c16-15(14(17)18)7-6-13(9-15)19-12-5-4-10-2-1-3-11(10)8-12/h4-5,8,13H,1-3,6-7,9,16H2,(H,17,18). The van der Waals surface area contributed by atoms with Crippen LogP contribution in [0, 0.1) is 0 Å². The molecule has 0 saturated heterocycles. The Balaban J connectivity index is 1.68. The minimum atomic E-state index is -1.11. The molecule has 0 aromatic heterocycles. The maximum atomic E-state index is 11.1. The zero-order valence-electron chi connectivity index (χ0n) is 10.9. The number of aliphatic carboxylic acids is 1. The number of fused-ring (bicyclic) bond motifs is 1. The van der Waals surface area contributed by atoms with Crippen molar-refractivity contribution in [1.29, 1.82) is 0 Å². The maximum absolute atomic E-state index is 11.1. The highest BCUT2D eigenvalue weighted by Crippen LogP contribution is 2.33. The Morgan fingerprint density at radius 1 is 1.37 bits per heavy atom. The molecule has 1 aromatic carbocycles. The van der Waals surface area contributed by atoms with Gasteiger partial charge in [0.15, 0.2) is 0 Å². The van der Waals surface area contributed by atoms with Gasteiger partial charge in [0.2, 0.25) is 0 Å². The van der Waals surface area contributed by atoms with Crippen LogP contribution in [-0.4, -0.2) is 22.7 Å². The van der Waals surface area contributed by atoms with E-state index in [9.17, 15) is 4.79 Å². The van der Waals surface area contributed by atoms with E-state index in [2.05, 4.69) is 12.1 Å². The van der Waals surface area contributed by atoms with Crippen molar-refractivity contribution < 1.29 is 14.6 Å². The maximum Gasteiger partial charge on any atom is 0.323 e. The van der Waals surface area contributed by atoms with Gasteiger partial charge in [0, 0.05) is 6.42 Å². The van der Waals surface area contributed by atoms with Gasteiger partial charge in [-0.05, 0) is 55.4 Å². The topological polar surface area (TPSA) is 72.6 Å². The number of benzene rings is 1. The summed E-state index contributed by atoms with van der Waals surface area (Å²) >= 11 is 0. The van der Waals surface area contributed by atoms with Crippen LogP contribution >= 0.6 is 0 Å². The first-order chi connectivity index (χ1) is 9.07. The molecule has 2 aliphatic rings. The molecule has 1 saturated carbocycles. The van der Waals surface area contributed by atoms with E-state index >= 15 is 0 Å². The van der Waals surface area contributed by atoms with Crippen molar-refractivity contribution in [1.82, 2.24) is 0 Å². The molecule has 0 aliphatic heterocycles. The third kappa shape index (κ3) is 2.32. The molecule has 3 rings (SSSR count). The van der Waals surface area contributed by atoms with E-state index in [0.29, 0.717) is 19.3 Å². The molecule has 2 aliphatic carbocycles. The second kappa shape index (κ2) is 4.53. The minimum Gasteiger partial charge on any atom is -0.490 e. The summed E-state index contributed by atoms with van der Waals surface area (Å²) in [6.07, 6.45) is 4.99. The Morgan fingerprint density at radius 3 is 2.89 bits per heavy atom. The quantitative estimate of drug-likeness (QED) is 0.871. The lowest BCUT2D eigenvalue weighted by Crippen LogP contribution is -2.46. The van der Waals surface area contributed by atoms with Gasteiger partial charge >= 0.3 is 5.97 Å². The lowest BCUT2D eigenvalue weighted by atomic mass is 10.00. The number of carboxylic acids is 1. The van der Waals surface area contributed by atoms with Crippen molar-refractivity contribution in [3.05, 3.63) is 29.3 Å². The molecule has 0 amide bonds. The molecule has 1 aromatic rings. The molecule has 0 bridgehead atoms. The predicted molar refractivity (Wildman–Crippen MR) is 71.3 cm³/mol. The van der Waals surface area contributed by atoms with Gasteiger partial charge in [-0.1, -0.05) is 6.07 Å². The normalized spacial score (nSPS) is 29.2. The predicted octanol–water partition coefficient (Wildman–Crippen LogP) is 1.89. The van der Waals surface area contributed by atoms with Crippen molar-refractivity contribution in [2.45, 2.75) is 50.2 Å². The monoisotopic (exact) mass is 261 g/mol. The first-order valence-electron chi connectivity index (χ1n) is 6.87. The highest BCUT2D eigenvalue weighted by atomic mass is 16.5. The summed E-state index contributed by atoms with van der Waals surface area (Å²) in [5.41, 5.74) is 7.53. The number of hydrogen-bond donors (Lipinski definition) is 2. The zero-order chi connectivity index (χ0) is 13.5. The van der Waals surface area contributed by atoms with E-state index in [4.69, 9.17) is 15.6 Å². The van der Waals surface area contributed by atoms with E-state index in [1.54, 1.807) is 0 Å². The molecular formula is C15H19NO3. The van der Waals surface area contributed by atoms with Crippen molar-refractivity contribution in [3.63, 3.8) is 0 Å². The summed E-state index contributed by atoms with van der Waals surface area (Å²) in [4.78, 5) is 11.1. The summed E-state index contributed by atoms with van der Waals surface area (Å²) in [7, 11) is 0. The van der Waals surface area contributed by atoms with Crippen LogP contribution in [-0.2, 0) is 17.6 Å². The Morgan fingerprint density at radius 2 is 2.16 bits per heavy atom. The molecule has 2 atom stereocenters. The molecule has 102 valence electrons. The molecule has 1 fully saturated rings. The smallest absolute Gasteiger partial charge is 0.323 e. The summed E-state index contributed by atoms with van der Waals surface area (Å²) in [5, 5.41) is 9.10. The van der Waals surface area contributed by atoms with Crippen LogP contribution in [0.15, 0.2) is 18.2 Å². The number of aryl methyl sites for hydroxylation is 2. The number of carbonyl (C=O) groups is 1. The van der Waals surface area contributed by atoms with E-state index in [1.807, 2.05) is 6.07 Å². The van der Waals surface area contributed by atoms with E-state index in [0.717, 1.165) is 18.6 Å². The fourth-order valence-corrected chi connectivity index (χ4v) is 3.14. The van der Waals surface area contributed by atoms with Crippen LogP contribution in [0.2, 0.25) is 0 Å². The first kappa shape index (κ1) is 12.5. The van der Waals surface area contributed by atoms with Gasteiger partial charge < -0.3 is 15.6 Å². The molecule has 0 heterocycles. The molecular weight excluding hydrogens is 242 g/mol. The zero-order valence-corrected chi connectivity index (χ0v) is 10.9. The largest absolute Gasteiger partial charge is 0.490 e. The summed E-state index contributed by atoms with van der Waals surface area (Å²) in [6.45, 7) is 0. The number of carboxylic acid groups (broad SMARTS) is 1. The molecule has 4 heteroatoms. The van der Waals surface area contributed by atoms with Gasteiger partial charge in [-0.15, -0.1) is 0 Å². The van der Waals surface area contributed by atoms with Gasteiger partial charge in [-0.3, -0.25) is 4.79 Å². The molecule has 4 nitrogen and oxygen atoms in total. The fourth-order valence-electron chi connectivity index (χ4n) is 3.14. The fraction of sp³-hybridized carbons (Fsp3) is 0.533. The SMILES string of the molecule is NC1(C(=O)O)CCC(Oc2ccc3c(c2)CCC3)C1. The number of rotatable bonds is 3. The average Bonchev–Trinajstić information content (AvgIpc) is 2.96. The third-order valence-electron chi connectivity index (χ3n) is 4.30. The van der Waals surface area contributed by atoms with Crippen LogP contribution in [0.5, 0.6) is 5.75 Å². The summed E-state index contributed by atoms with van der Waals surface area (Å²) in [6, 6.07) is 6.21. The molecule has 0 radical (unpaired) electrons.